The number of aromatic amines is 1. The summed E-state index contributed by atoms with van der Waals surface area (Å²) in [5.41, 5.74) is 0.971. The number of H-pyrrole nitrogens is 1. The number of aryl methyl sites for hydroxylation is 2. The van der Waals surface area contributed by atoms with Gasteiger partial charge in [-0.15, -0.1) is 0 Å². The van der Waals surface area contributed by atoms with E-state index in [4.69, 9.17) is 0 Å². The molecule has 0 fully saturated rings. The summed E-state index contributed by atoms with van der Waals surface area (Å²) in [6.07, 6.45) is -4.36. The van der Waals surface area contributed by atoms with Crippen molar-refractivity contribution >= 4 is 0 Å². The summed E-state index contributed by atoms with van der Waals surface area (Å²) in [4.78, 5) is 18.7. The molecule has 0 aliphatic rings. The molecule has 0 aromatic carbocycles. The molecule has 0 bridgehead atoms. The molecule has 1 heterocycles. The van der Waals surface area contributed by atoms with Crippen LogP contribution in [0.5, 0.6) is 0 Å². The molecule has 4 nitrogen and oxygen atoms in total. The number of nitrogens with zero attached hydrogens (tertiary/aromatic N) is 1. The second-order valence-corrected chi connectivity index (χ2v) is 4.90. The molecular weight excluding hydrogens is 271 g/mol. The maximum atomic E-state index is 12.0. The Labute approximate surface area is 115 Å². The van der Waals surface area contributed by atoms with Gasteiger partial charge in [0.1, 0.15) is 5.82 Å². The predicted molar refractivity (Wildman–Crippen MR) is 70.7 cm³/mol. The van der Waals surface area contributed by atoms with Crippen LogP contribution in [0, 0.1) is 13.8 Å². The molecule has 0 saturated carbocycles. The summed E-state index contributed by atoms with van der Waals surface area (Å²) >= 11 is 0. The third-order valence-electron chi connectivity index (χ3n) is 3.03. The van der Waals surface area contributed by atoms with Crippen molar-refractivity contribution in [1.82, 2.24) is 15.3 Å². The molecule has 20 heavy (non-hydrogen) atoms. The minimum absolute atomic E-state index is 0.0880. The fourth-order valence-corrected chi connectivity index (χ4v) is 2.12. The Kier molecular flexibility index (Phi) is 5.74. The number of halogens is 3. The molecular formula is C13H20F3N3O. The maximum Gasteiger partial charge on any atom is 0.389 e. The van der Waals surface area contributed by atoms with Gasteiger partial charge in [0.2, 0.25) is 0 Å². The van der Waals surface area contributed by atoms with Crippen molar-refractivity contribution < 1.29 is 13.2 Å². The summed E-state index contributed by atoms with van der Waals surface area (Å²) in [5.74, 6) is 0.550. The molecule has 1 aromatic rings. The van der Waals surface area contributed by atoms with Crippen LogP contribution in [0.25, 0.3) is 0 Å². The lowest BCUT2D eigenvalue weighted by molar-refractivity contribution is -0.135. The van der Waals surface area contributed by atoms with Gasteiger partial charge in [0.05, 0.1) is 5.56 Å². The number of nitrogens with one attached hydrogen (secondary N) is 2. The summed E-state index contributed by atoms with van der Waals surface area (Å²) in [7, 11) is 0. The minimum atomic E-state index is -4.10. The van der Waals surface area contributed by atoms with Crippen molar-refractivity contribution in [3.8, 4) is 0 Å². The van der Waals surface area contributed by atoms with Gasteiger partial charge >= 0.3 is 6.18 Å². The Bertz CT molecular complexity index is 497. The highest BCUT2D eigenvalue weighted by molar-refractivity contribution is 5.19. The Morgan fingerprint density at radius 3 is 2.50 bits per heavy atom. The molecule has 0 radical (unpaired) electrons. The Hall–Kier alpha value is -1.37. The first-order valence-electron chi connectivity index (χ1n) is 6.58. The summed E-state index contributed by atoms with van der Waals surface area (Å²) < 4.78 is 35.9. The third-order valence-corrected chi connectivity index (χ3v) is 3.03. The van der Waals surface area contributed by atoms with E-state index in [0.717, 1.165) is 0 Å². The zero-order valence-electron chi connectivity index (χ0n) is 11.9. The number of hydrogen-bond donors (Lipinski definition) is 2. The number of alkyl halides is 3. The summed E-state index contributed by atoms with van der Waals surface area (Å²) in [6.45, 7) is 5.69. The molecule has 1 rings (SSSR count). The van der Waals surface area contributed by atoms with E-state index in [0.29, 0.717) is 30.0 Å². The monoisotopic (exact) mass is 291 g/mol. The van der Waals surface area contributed by atoms with Gasteiger partial charge in [0.15, 0.2) is 0 Å². The van der Waals surface area contributed by atoms with Crippen LogP contribution in [0.2, 0.25) is 0 Å². The van der Waals surface area contributed by atoms with E-state index in [2.05, 4.69) is 15.3 Å². The summed E-state index contributed by atoms with van der Waals surface area (Å²) in [6, 6.07) is -0.238. The van der Waals surface area contributed by atoms with E-state index >= 15 is 0 Å². The van der Waals surface area contributed by atoms with Crippen LogP contribution in [0.4, 0.5) is 13.2 Å². The van der Waals surface area contributed by atoms with E-state index in [9.17, 15) is 18.0 Å². The lowest BCUT2D eigenvalue weighted by Gasteiger charge is -2.15. The summed E-state index contributed by atoms with van der Waals surface area (Å²) in [5, 5.41) is 3.06. The van der Waals surface area contributed by atoms with Gasteiger partial charge in [-0.2, -0.15) is 13.2 Å². The normalized spacial score (nSPS) is 13.5. The van der Waals surface area contributed by atoms with Gasteiger partial charge in [-0.1, -0.05) is 0 Å². The first kappa shape index (κ1) is 16.7. The second-order valence-electron chi connectivity index (χ2n) is 4.90. The average molecular weight is 291 g/mol. The molecule has 1 atom stereocenters. The predicted octanol–water partition coefficient (Wildman–Crippen LogP) is 2.77. The van der Waals surface area contributed by atoms with Crippen LogP contribution < -0.4 is 10.9 Å². The highest BCUT2D eigenvalue weighted by Gasteiger charge is 2.25. The van der Waals surface area contributed by atoms with E-state index in [1.165, 1.54) is 0 Å². The van der Waals surface area contributed by atoms with Gasteiger partial charge in [0.25, 0.3) is 5.56 Å². The van der Waals surface area contributed by atoms with Gasteiger partial charge in [0, 0.05) is 18.2 Å². The maximum absolute atomic E-state index is 12.0. The first-order chi connectivity index (χ1) is 9.20. The average Bonchev–Trinajstić information content (AvgIpc) is 2.25. The zero-order valence-corrected chi connectivity index (χ0v) is 11.9. The molecule has 1 unspecified atom stereocenters. The quantitative estimate of drug-likeness (QED) is 0.792. The second kappa shape index (κ2) is 6.88. The standard InChI is InChI=1S/C13H20F3N3O/c1-8(17-7-5-4-6-13(14,15)16)11-9(2)18-10(3)19-12(11)20/h8,17H,4-7H2,1-3H3,(H,18,19,20). The van der Waals surface area contributed by atoms with Crippen LogP contribution in [0.1, 0.15) is 49.3 Å². The molecule has 0 aliphatic carbocycles. The van der Waals surface area contributed by atoms with Crippen LogP contribution in [-0.2, 0) is 0 Å². The highest BCUT2D eigenvalue weighted by atomic mass is 19.4. The molecule has 0 amide bonds. The Balaban J connectivity index is 2.48. The largest absolute Gasteiger partial charge is 0.389 e. The number of unbranched alkanes of at least 4 members (excludes halogenated alkanes) is 1. The smallest absolute Gasteiger partial charge is 0.310 e. The molecule has 0 aliphatic heterocycles. The van der Waals surface area contributed by atoms with Crippen LogP contribution >= 0.6 is 0 Å². The SMILES string of the molecule is Cc1nc(C)c(C(C)NCCCCC(F)(F)F)c(=O)[nH]1. The highest BCUT2D eigenvalue weighted by Crippen LogP contribution is 2.22. The fraction of sp³-hybridized carbons (Fsp3) is 0.692. The van der Waals surface area contributed by atoms with Gasteiger partial charge < -0.3 is 10.3 Å². The molecule has 114 valence electrons. The molecule has 0 spiro atoms. The lowest BCUT2D eigenvalue weighted by Crippen LogP contribution is -2.28. The molecule has 0 saturated heterocycles. The lowest BCUT2D eigenvalue weighted by atomic mass is 10.1. The topological polar surface area (TPSA) is 57.8 Å². The third kappa shape index (κ3) is 5.32. The van der Waals surface area contributed by atoms with Gasteiger partial charge in [-0.05, 0) is 40.2 Å². The first-order valence-corrected chi connectivity index (χ1v) is 6.58. The van der Waals surface area contributed by atoms with Crippen LogP contribution in [-0.4, -0.2) is 22.7 Å². The van der Waals surface area contributed by atoms with Crippen molar-refractivity contribution in [2.24, 2.45) is 0 Å². The van der Waals surface area contributed by atoms with Crippen LogP contribution in [0.15, 0.2) is 4.79 Å². The molecule has 7 heteroatoms. The molecule has 2 N–H and O–H groups in total. The van der Waals surface area contributed by atoms with Crippen LogP contribution in [0.3, 0.4) is 0 Å². The molecule has 1 aromatic heterocycles. The number of hydrogen-bond acceptors (Lipinski definition) is 3. The zero-order chi connectivity index (χ0) is 15.3. The van der Waals surface area contributed by atoms with E-state index < -0.39 is 12.6 Å². The Morgan fingerprint density at radius 1 is 1.30 bits per heavy atom. The van der Waals surface area contributed by atoms with E-state index in [1.54, 1.807) is 20.8 Å². The minimum Gasteiger partial charge on any atom is -0.310 e. The van der Waals surface area contributed by atoms with Crippen molar-refractivity contribution in [2.45, 2.75) is 52.3 Å². The van der Waals surface area contributed by atoms with Crippen molar-refractivity contribution in [2.75, 3.05) is 6.54 Å². The van der Waals surface area contributed by atoms with E-state index in [1.807, 2.05) is 0 Å². The fourth-order valence-electron chi connectivity index (χ4n) is 2.12. The van der Waals surface area contributed by atoms with Crippen molar-refractivity contribution in [3.05, 3.63) is 27.4 Å². The van der Waals surface area contributed by atoms with Gasteiger partial charge in [-0.3, -0.25) is 4.79 Å². The number of aromatic nitrogens is 2. The van der Waals surface area contributed by atoms with Crippen molar-refractivity contribution in [1.29, 1.82) is 0 Å². The van der Waals surface area contributed by atoms with E-state index in [-0.39, 0.29) is 18.0 Å². The van der Waals surface area contributed by atoms with Gasteiger partial charge in [-0.25, -0.2) is 4.98 Å². The number of rotatable bonds is 6. The van der Waals surface area contributed by atoms with Crippen molar-refractivity contribution in [3.63, 3.8) is 0 Å². The Morgan fingerprint density at radius 2 is 1.95 bits per heavy atom.